The van der Waals surface area contributed by atoms with Crippen LogP contribution in [0, 0.1) is 11.3 Å². The van der Waals surface area contributed by atoms with Crippen LogP contribution in [0.25, 0.3) is 0 Å². The van der Waals surface area contributed by atoms with Crippen LogP contribution in [0.15, 0.2) is 48.5 Å². The van der Waals surface area contributed by atoms with Crippen LogP contribution in [0.2, 0.25) is 5.02 Å². The average Bonchev–Trinajstić information content (AvgIpc) is 3.11. The van der Waals surface area contributed by atoms with Crippen molar-refractivity contribution >= 4 is 29.3 Å². The number of esters is 1. The van der Waals surface area contributed by atoms with Crippen LogP contribution < -0.4 is 0 Å². The number of hydrogen-bond acceptors (Lipinski definition) is 4. The number of ether oxygens (including phenoxy) is 1. The fraction of sp³-hybridized carbons (Fsp3) is 0.348. The molecule has 4 rings (SSSR count). The second-order valence-corrected chi connectivity index (χ2v) is 8.15. The maximum Gasteiger partial charge on any atom is 0.323 e. The number of carbonyl (C=O) groups is 3. The molecule has 2 aliphatic carbocycles. The molecule has 4 atom stereocenters. The summed E-state index contributed by atoms with van der Waals surface area (Å²) in [5, 5.41) is 10.4. The minimum absolute atomic E-state index is 0.0586. The van der Waals surface area contributed by atoms with E-state index in [0.29, 0.717) is 10.6 Å². The van der Waals surface area contributed by atoms with E-state index in [4.69, 9.17) is 16.3 Å². The van der Waals surface area contributed by atoms with E-state index in [2.05, 4.69) is 0 Å². The van der Waals surface area contributed by atoms with Gasteiger partial charge in [0.05, 0.1) is 17.5 Å². The number of benzene rings is 2. The van der Waals surface area contributed by atoms with Crippen LogP contribution in [0.5, 0.6) is 0 Å². The summed E-state index contributed by atoms with van der Waals surface area (Å²) in [6, 6.07) is 14.6. The third-order valence-electron chi connectivity index (χ3n) is 6.31. The highest BCUT2D eigenvalue weighted by molar-refractivity contribution is 6.34. The minimum Gasteiger partial charge on any atom is -0.480 e. The number of rotatable bonds is 4. The molecular weight excluding hydrogens is 392 g/mol. The van der Waals surface area contributed by atoms with Gasteiger partial charge in [-0.2, -0.15) is 0 Å². The molecule has 0 saturated heterocycles. The molecule has 0 spiro atoms. The summed E-state index contributed by atoms with van der Waals surface area (Å²) in [4.78, 5) is 38.5. The van der Waals surface area contributed by atoms with Crippen molar-refractivity contribution in [3.05, 3.63) is 70.2 Å². The van der Waals surface area contributed by atoms with E-state index in [-0.39, 0.29) is 37.1 Å². The molecule has 2 aromatic carbocycles. The van der Waals surface area contributed by atoms with E-state index in [9.17, 15) is 19.5 Å². The molecule has 0 amide bonds. The van der Waals surface area contributed by atoms with Crippen molar-refractivity contribution in [3.8, 4) is 0 Å². The quantitative estimate of drug-likeness (QED) is 0.592. The Morgan fingerprint density at radius 3 is 2.52 bits per heavy atom. The molecule has 150 valence electrons. The van der Waals surface area contributed by atoms with E-state index < -0.39 is 23.3 Å². The van der Waals surface area contributed by atoms with Crippen molar-refractivity contribution < 1.29 is 24.2 Å². The number of aliphatic carboxylic acids is 1. The van der Waals surface area contributed by atoms with Crippen molar-refractivity contribution in [2.45, 2.75) is 31.6 Å². The van der Waals surface area contributed by atoms with E-state index >= 15 is 0 Å². The molecule has 1 N–H and O–H groups in total. The molecule has 1 unspecified atom stereocenters. The van der Waals surface area contributed by atoms with Gasteiger partial charge in [-0.15, -0.1) is 0 Å². The van der Waals surface area contributed by atoms with Gasteiger partial charge in [0.1, 0.15) is 0 Å². The smallest absolute Gasteiger partial charge is 0.323 e. The zero-order valence-electron chi connectivity index (χ0n) is 15.9. The first-order chi connectivity index (χ1) is 13.9. The van der Waals surface area contributed by atoms with Crippen LogP contribution in [0.1, 0.15) is 53.1 Å². The van der Waals surface area contributed by atoms with Crippen molar-refractivity contribution in [1.82, 2.24) is 0 Å². The number of fused-ring (bicyclic) bond motifs is 3. The van der Waals surface area contributed by atoms with Gasteiger partial charge in [0.2, 0.25) is 0 Å². The summed E-state index contributed by atoms with van der Waals surface area (Å²) >= 11 is 6.40. The molecule has 6 heteroatoms. The Morgan fingerprint density at radius 2 is 1.86 bits per heavy atom. The molecule has 0 heterocycles. The standard InChI is InChI=1S/C23H21ClO5/c1-2-29-22(28)23(21(26)27)11-15-14-9-6-10-17(24)19(14)20(25)18(16(15)12-23)13-7-4-3-5-8-13/h3-10,15-16,18H,2,11-12H2,1H3,(H,26,27)/t15-,16-,18+,23?/m1/s1. The van der Waals surface area contributed by atoms with E-state index in [1.807, 2.05) is 36.4 Å². The molecule has 0 aliphatic heterocycles. The van der Waals surface area contributed by atoms with Gasteiger partial charge in [0, 0.05) is 5.56 Å². The van der Waals surface area contributed by atoms with Crippen LogP contribution in [0.3, 0.4) is 0 Å². The minimum atomic E-state index is -1.66. The highest BCUT2D eigenvalue weighted by atomic mass is 35.5. The molecule has 2 aromatic rings. The second kappa shape index (κ2) is 7.30. The lowest BCUT2D eigenvalue weighted by atomic mass is 9.67. The third kappa shape index (κ3) is 2.96. The zero-order valence-corrected chi connectivity index (χ0v) is 16.7. The Labute approximate surface area is 173 Å². The van der Waals surface area contributed by atoms with Crippen molar-refractivity contribution in [2.24, 2.45) is 11.3 Å². The van der Waals surface area contributed by atoms with Gasteiger partial charge in [0.25, 0.3) is 0 Å². The average molecular weight is 413 g/mol. The van der Waals surface area contributed by atoms with E-state index in [1.165, 1.54) is 0 Å². The predicted octanol–water partition coefficient (Wildman–Crippen LogP) is 4.45. The van der Waals surface area contributed by atoms with Crippen molar-refractivity contribution in [2.75, 3.05) is 6.61 Å². The Bertz CT molecular complexity index is 986. The van der Waals surface area contributed by atoms with Crippen LogP contribution in [-0.2, 0) is 14.3 Å². The Hall–Kier alpha value is -2.66. The first-order valence-corrected chi connectivity index (χ1v) is 10.1. The lowest BCUT2D eigenvalue weighted by molar-refractivity contribution is -0.168. The molecule has 1 fully saturated rings. The van der Waals surface area contributed by atoms with Gasteiger partial charge in [0.15, 0.2) is 11.2 Å². The second-order valence-electron chi connectivity index (χ2n) is 7.74. The van der Waals surface area contributed by atoms with Gasteiger partial charge < -0.3 is 9.84 Å². The lowest BCUT2D eigenvalue weighted by Gasteiger charge is -2.35. The maximum absolute atomic E-state index is 13.5. The first kappa shape index (κ1) is 19.6. The van der Waals surface area contributed by atoms with Gasteiger partial charge in [-0.05, 0) is 48.8 Å². The van der Waals surface area contributed by atoms with Gasteiger partial charge >= 0.3 is 11.9 Å². The lowest BCUT2D eigenvalue weighted by Crippen LogP contribution is -2.39. The van der Waals surface area contributed by atoms with Crippen LogP contribution >= 0.6 is 11.6 Å². The van der Waals surface area contributed by atoms with Crippen molar-refractivity contribution in [1.29, 1.82) is 0 Å². The van der Waals surface area contributed by atoms with E-state index in [0.717, 1.165) is 11.1 Å². The van der Waals surface area contributed by atoms with Gasteiger partial charge in [-0.1, -0.05) is 54.1 Å². The molecule has 0 aromatic heterocycles. The number of carboxylic acid groups (broad SMARTS) is 1. The summed E-state index contributed by atoms with van der Waals surface area (Å²) in [7, 11) is 0. The Morgan fingerprint density at radius 1 is 1.14 bits per heavy atom. The number of hydrogen-bond donors (Lipinski definition) is 1. The van der Waals surface area contributed by atoms with Crippen LogP contribution in [0.4, 0.5) is 0 Å². The maximum atomic E-state index is 13.5. The highest BCUT2D eigenvalue weighted by Gasteiger charge is 2.61. The van der Waals surface area contributed by atoms with E-state index in [1.54, 1.807) is 19.1 Å². The summed E-state index contributed by atoms with van der Waals surface area (Å²) in [5.74, 6) is -3.20. The molecular formula is C23H21ClO5. The first-order valence-electron chi connectivity index (χ1n) is 9.69. The summed E-state index contributed by atoms with van der Waals surface area (Å²) in [6.45, 7) is 1.76. The number of halogens is 1. The topological polar surface area (TPSA) is 80.7 Å². The SMILES string of the molecule is CCOC(=O)C1(C(=O)O)C[C@@H]2[C@H](C1)c1cccc(Cl)c1C(=O)[C@H]2c1ccccc1. The molecule has 2 aliphatic rings. The Kier molecular flexibility index (Phi) is 4.95. The van der Waals surface area contributed by atoms with Crippen molar-refractivity contribution in [3.63, 3.8) is 0 Å². The molecule has 1 saturated carbocycles. The highest BCUT2D eigenvalue weighted by Crippen LogP contribution is 2.60. The Balaban J connectivity index is 1.89. The number of Topliss-reactive ketones (excluding diaryl/α,β-unsaturated/α-hetero) is 1. The third-order valence-corrected chi connectivity index (χ3v) is 6.62. The normalized spacial score (nSPS) is 27.8. The monoisotopic (exact) mass is 412 g/mol. The molecule has 5 nitrogen and oxygen atoms in total. The van der Waals surface area contributed by atoms with Gasteiger partial charge in [-0.3, -0.25) is 14.4 Å². The molecule has 0 bridgehead atoms. The summed E-state index contributed by atoms with van der Waals surface area (Å²) in [6.07, 6.45) is 0.152. The summed E-state index contributed by atoms with van der Waals surface area (Å²) < 4.78 is 5.15. The summed E-state index contributed by atoms with van der Waals surface area (Å²) in [5.41, 5.74) is 0.312. The predicted molar refractivity (Wildman–Crippen MR) is 107 cm³/mol. The fourth-order valence-electron chi connectivity index (χ4n) is 5.06. The largest absolute Gasteiger partial charge is 0.480 e. The molecule has 29 heavy (non-hydrogen) atoms. The van der Waals surface area contributed by atoms with Gasteiger partial charge in [-0.25, -0.2) is 0 Å². The number of ketones is 1. The van der Waals surface area contributed by atoms with Crippen LogP contribution in [-0.4, -0.2) is 29.4 Å². The zero-order chi connectivity index (χ0) is 20.8. The number of carboxylic acids is 1. The number of carbonyl (C=O) groups excluding carboxylic acids is 2. The fourth-order valence-corrected chi connectivity index (χ4v) is 5.34. The molecule has 0 radical (unpaired) electrons.